The largest absolute Gasteiger partial charge is 0.357 e. The lowest BCUT2D eigenvalue weighted by molar-refractivity contribution is -0.122. The average molecular weight is 417 g/mol. The maximum Gasteiger partial charge on any atom is 0.270 e. The van der Waals surface area contributed by atoms with Crippen molar-refractivity contribution in [1.29, 1.82) is 5.26 Å². The van der Waals surface area contributed by atoms with Crippen molar-refractivity contribution in [2.45, 2.75) is 33.6 Å². The molecule has 0 aromatic carbocycles. The summed E-state index contributed by atoms with van der Waals surface area (Å²) < 4.78 is 2.09. The number of thiocarbonyl (C=S) groups is 1. The van der Waals surface area contributed by atoms with Crippen LogP contribution < -0.4 is 10.5 Å². The van der Waals surface area contributed by atoms with E-state index in [4.69, 9.17) is 12.2 Å². The summed E-state index contributed by atoms with van der Waals surface area (Å²) in [5, 5.41) is 9.50. The zero-order valence-corrected chi connectivity index (χ0v) is 18.2. The van der Waals surface area contributed by atoms with E-state index in [-0.39, 0.29) is 17.0 Å². The smallest absolute Gasteiger partial charge is 0.270 e. The van der Waals surface area contributed by atoms with E-state index in [2.05, 4.69) is 4.90 Å². The lowest BCUT2D eigenvalue weighted by Crippen LogP contribution is -2.32. The first-order valence-corrected chi connectivity index (χ1v) is 10.6. The van der Waals surface area contributed by atoms with Gasteiger partial charge in [0, 0.05) is 32.2 Å². The minimum atomic E-state index is -0.300. The molecule has 3 rings (SSSR count). The van der Waals surface area contributed by atoms with Gasteiger partial charge in [-0.15, -0.1) is 0 Å². The summed E-state index contributed by atoms with van der Waals surface area (Å²) in [4.78, 5) is 29.9. The molecule has 0 N–H and O–H groups in total. The standard InChI is InChI=1S/C20H24N4O2S2/c1-12(2)11-24-19(26)16(28-20(24)27)9-14-13(3)15(10-21)18(25)22(4)17(14)23-7-5-6-8-23/h9,12H,5-8,11H2,1-4H3/b16-9-. The molecule has 1 amide bonds. The number of anilines is 1. The summed E-state index contributed by atoms with van der Waals surface area (Å²) in [6.45, 7) is 8.16. The molecule has 28 heavy (non-hydrogen) atoms. The van der Waals surface area contributed by atoms with Crippen molar-refractivity contribution in [2.75, 3.05) is 24.5 Å². The third-order valence-corrected chi connectivity index (χ3v) is 6.45. The monoisotopic (exact) mass is 416 g/mol. The van der Waals surface area contributed by atoms with Crippen molar-refractivity contribution in [3.8, 4) is 6.07 Å². The van der Waals surface area contributed by atoms with Crippen LogP contribution in [-0.2, 0) is 11.8 Å². The highest BCUT2D eigenvalue weighted by atomic mass is 32.2. The second-order valence-corrected chi connectivity index (χ2v) is 9.27. The predicted octanol–water partition coefficient (Wildman–Crippen LogP) is 3.02. The molecule has 2 fully saturated rings. The normalized spacial score (nSPS) is 18.6. The molecule has 0 saturated carbocycles. The summed E-state index contributed by atoms with van der Waals surface area (Å²) in [7, 11) is 1.69. The summed E-state index contributed by atoms with van der Waals surface area (Å²) in [6.07, 6.45) is 3.93. The molecule has 2 aliphatic rings. The number of amides is 1. The van der Waals surface area contributed by atoms with E-state index in [1.165, 1.54) is 16.3 Å². The van der Waals surface area contributed by atoms with Crippen LogP contribution in [0.25, 0.3) is 6.08 Å². The summed E-state index contributed by atoms with van der Waals surface area (Å²) >= 11 is 6.69. The summed E-state index contributed by atoms with van der Waals surface area (Å²) in [6, 6.07) is 2.03. The number of hydrogen-bond acceptors (Lipinski definition) is 6. The fraction of sp³-hybridized carbons (Fsp3) is 0.500. The number of nitriles is 1. The van der Waals surface area contributed by atoms with Crippen molar-refractivity contribution in [2.24, 2.45) is 13.0 Å². The van der Waals surface area contributed by atoms with E-state index in [0.717, 1.165) is 37.3 Å². The maximum atomic E-state index is 12.9. The second-order valence-electron chi connectivity index (χ2n) is 7.59. The van der Waals surface area contributed by atoms with Crippen LogP contribution in [-0.4, -0.2) is 39.3 Å². The van der Waals surface area contributed by atoms with E-state index in [0.29, 0.717) is 27.3 Å². The van der Waals surface area contributed by atoms with Crippen molar-refractivity contribution < 1.29 is 4.79 Å². The van der Waals surface area contributed by atoms with Gasteiger partial charge in [-0.3, -0.25) is 19.1 Å². The molecule has 8 heteroatoms. The molecule has 0 aliphatic carbocycles. The fourth-order valence-corrected chi connectivity index (χ4v) is 4.93. The average Bonchev–Trinajstić information content (AvgIpc) is 3.25. The molecule has 1 aromatic heterocycles. The van der Waals surface area contributed by atoms with Gasteiger partial charge in [0.15, 0.2) is 0 Å². The molecule has 2 aliphatic heterocycles. The number of carbonyl (C=O) groups is 1. The van der Waals surface area contributed by atoms with E-state index >= 15 is 0 Å². The van der Waals surface area contributed by atoms with Crippen molar-refractivity contribution in [1.82, 2.24) is 9.47 Å². The van der Waals surface area contributed by atoms with Crippen LogP contribution in [0.4, 0.5) is 5.82 Å². The number of rotatable bonds is 4. The number of nitrogens with zero attached hydrogens (tertiary/aromatic N) is 4. The quantitative estimate of drug-likeness (QED) is 0.555. The molecule has 0 unspecified atom stereocenters. The van der Waals surface area contributed by atoms with Gasteiger partial charge >= 0.3 is 0 Å². The van der Waals surface area contributed by atoms with Gasteiger partial charge in [0.2, 0.25) is 0 Å². The van der Waals surface area contributed by atoms with Crippen LogP contribution in [0.15, 0.2) is 9.70 Å². The van der Waals surface area contributed by atoms with Crippen LogP contribution >= 0.6 is 24.0 Å². The number of thioether (sulfide) groups is 1. The summed E-state index contributed by atoms with van der Waals surface area (Å²) in [5.74, 6) is 0.974. The van der Waals surface area contributed by atoms with Gasteiger partial charge in [-0.05, 0) is 37.3 Å². The van der Waals surface area contributed by atoms with E-state index in [1.807, 2.05) is 26.0 Å². The van der Waals surface area contributed by atoms with E-state index < -0.39 is 0 Å². The number of pyridine rings is 1. The fourth-order valence-electron chi connectivity index (χ4n) is 3.68. The molecule has 3 heterocycles. The highest BCUT2D eigenvalue weighted by molar-refractivity contribution is 8.26. The zero-order valence-electron chi connectivity index (χ0n) is 16.6. The number of aromatic nitrogens is 1. The highest BCUT2D eigenvalue weighted by Crippen LogP contribution is 2.36. The molecule has 0 radical (unpaired) electrons. The first-order chi connectivity index (χ1) is 13.3. The van der Waals surface area contributed by atoms with Crippen LogP contribution in [0.2, 0.25) is 0 Å². The molecule has 148 valence electrons. The SMILES string of the molecule is Cc1c(/C=C2\SC(=S)N(CC(C)C)C2=O)c(N2CCCC2)n(C)c(=O)c1C#N. The maximum absolute atomic E-state index is 12.9. The van der Waals surface area contributed by atoms with Gasteiger partial charge in [-0.1, -0.05) is 37.8 Å². The number of carbonyl (C=O) groups excluding carboxylic acids is 1. The molecule has 2 saturated heterocycles. The Balaban J connectivity index is 2.16. The lowest BCUT2D eigenvalue weighted by atomic mass is 10.0. The van der Waals surface area contributed by atoms with Crippen LogP contribution in [0.3, 0.4) is 0 Å². The van der Waals surface area contributed by atoms with Gasteiger partial charge in [-0.2, -0.15) is 5.26 Å². The first kappa shape index (κ1) is 20.6. The predicted molar refractivity (Wildman–Crippen MR) is 117 cm³/mol. The molecular weight excluding hydrogens is 392 g/mol. The molecule has 0 spiro atoms. The Bertz CT molecular complexity index is 966. The Labute approximate surface area is 174 Å². The summed E-state index contributed by atoms with van der Waals surface area (Å²) in [5.41, 5.74) is 1.19. The molecule has 0 bridgehead atoms. The van der Waals surface area contributed by atoms with Crippen LogP contribution in [0.1, 0.15) is 43.4 Å². The second kappa shape index (κ2) is 8.10. The van der Waals surface area contributed by atoms with Gasteiger partial charge in [0.25, 0.3) is 11.5 Å². The van der Waals surface area contributed by atoms with Crippen LogP contribution in [0.5, 0.6) is 0 Å². The van der Waals surface area contributed by atoms with Gasteiger partial charge in [-0.25, -0.2) is 0 Å². The molecular formula is C20H24N4O2S2. The minimum absolute atomic E-state index is 0.108. The zero-order chi connectivity index (χ0) is 20.6. The third-order valence-electron chi connectivity index (χ3n) is 5.07. The van der Waals surface area contributed by atoms with Crippen molar-refractivity contribution >= 4 is 46.1 Å². The van der Waals surface area contributed by atoms with Gasteiger partial charge in [0.1, 0.15) is 21.8 Å². The number of hydrogen-bond donors (Lipinski definition) is 0. The molecule has 1 aromatic rings. The van der Waals surface area contributed by atoms with E-state index in [9.17, 15) is 14.9 Å². The van der Waals surface area contributed by atoms with Gasteiger partial charge in [0.05, 0.1) is 4.91 Å². The lowest BCUT2D eigenvalue weighted by Gasteiger charge is -2.25. The third kappa shape index (κ3) is 3.61. The van der Waals surface area contributed by atoms with Crippen molar-refractivity contribution in [3.63, 3.8) is 0 Å². The molecule has 6 nitrogen and oxygen atoms in total. The first-order valence-electron chi connectivity index (χ1n) is 9.40. The Morgan fingerprint density at radius 2 is 1.93 bits per heavy atom. The van der Waals surface area contributed by atoms with Crippen molar-refractivity contribution in [3.05, 3.63) is 31.9 Å². The Morgan fingerprint density at radius 1 is 1.29 bits per heavy atom. The molecule has 0 atom stereocenters. The minimum Gasteiger partial charge on any atom is -0.357 e. The van der Waals surface area contributed by atoms with Crippen LogP contribution in [0, 0.1) is 24.2 Å². The van der Waals surface area contributed by atoms with E-state index in [1.54, 1.807) is 18.9 Å². The highest BCUT2D eigenvalue weighted by Gasteiger charge is 2.33. The van der Waals surface area contributed by atoms with Gasteiger partial charge < -0.3 is 4.90 Å². The Hall–Kier alpha value is -2.11. The Kier molecular flexibility index (Phi) is 5.96. The topological polar surface area (TPSA) is 69.3 Å². The Morgan fingerprint density at radius 3 is 2.50 bits per heavy atom.